The van der Waals surface area contributed by atoms with Crippen LogP contribution in [0.25, 0.3) is 0 Å². The van der Waals surface area contributed by atoms with Crippen molar-refractivity contribution in [1.82, 2.24) is 4.31 Å². The van der Waals surface area contributed by atoms with Gasteiger partial charge in [-0.05, 0) is 31.4 Å². The number of hydrogen-bond acceptors (Lipinski definition) is 5. The Labute approximate surface area is 122 Å². The average molecular weight is 316 g/mol. The van der Waals surface area contributed by atoms with Gasteiger partial charge < -0.3 is 10.5 Å². The number of carbonyl (C=O) groups is 1. The SMILES string of the molecule is COC(=O)C1CCCCN1S(=O)(=O)c1cccc(F)c1N. The van der Waals surface area contributed by atoms with Crippen molar-refractivity contribution < 1.29 is 22.3 Å². The lowest BCUT2D eigenvalue weighted by Gasteiger charge is -2.32. The highest BCUT2D eigenvalue weighted by atomic mass is 32.2. The minimum atomic E-state index is -4.05. The molecule has 1 saturated heterocycles. The van der Waals surface area contributed by atoms with E-state index in [2.05, 4.69) is 4.74 Å². The molecule has 1 atom stereocenters. The van der Waals surface area contributed by atoms with Gasteiger partial charge in [-0.15, -0.1) is 0 Å². The number of benzene rings is 1. The lowest BCUT2D eigenvalue weighted by Crippen LogP contribution is -2.48. The molecule has 116 valence electrons. The Balaban J connectivity index is 2.46. The number of para-hydroxylation sites is 1. The third kappa shape index (κ3) is 2.86. The summed E-state index contributed by atoms with van der Waals surface area (Å²) in [5.74, 6) is -1.42. The van der Waals surface area contributed by atoms with E-state index in [0.717, 1.165) is 16.8 Å². The van der Waals surface area contributed by atoms with Crippen LogP contribution >= 0.6 is 0 Å². The Hall–Kier alpha value is -1.67. The second-order valence-corrected chi connectivity index (χ2v) is 6.66. The predicted octanol–water partition coefficient (Wildman–Crippen LogP) is 1.12. The van der Waals surface area contributed by atoms with Gasteiger partial charge in [-0.3, -0.25) is 4.79 Å². The monoisotopic (exact) mass is 316 g/mol. The van der Waals surface area contributed by atoms with Crippen molar-refractivity contribution in [3.63, 3.8) is 0 Å². The van der Waals surface area contributed by atoms with Crippen molar-refractivity contribution in [2.75, 3.05) is 19.4 Å². The number of esters is 1. The number of nitrogens with two attached hydrogens (primary N) is 1. The molecule has 0 aliphatic carbocycles. The molecule has 0 radical (unpaired) electrons. The summed E-state index contributed by atoms with van der Waals surface area (Å²) in [6.45, 7) is 0.179. The van der Waals surface area contributed by atoms with Gasteiger partial charge in [0.15, 0.2) is 0 Å². The fourth-order valence-corrected chi connectivity index (χ4v) is 4.21. The van der Waals surface area contributed by atoms with E-state index < -0.39 is 33.5 Å². The Morgan fingerprint density at radius 2 is 2.14 bits per heavy atom. The van der Waals surface area contributed by atoms with E-state index in [1.165, 1.54) is 19.2 Å². The van der Waals surface area contributed by atoms with Gasteiger partial charge in [0, 0.05) is 6.54 Å². The molecule has 21 heavy (non-hydrogen) atoms. The molecule has 1 heterocycles. The van der Waals surface area contributed by atoms with Crippen molar-refractivity contribution >= 4 is 21.7 Å². The molecular weight excluding hydrogens is 299 g/mol. The molecular formula is C13H17FN2O4S. The first-order valence-electron chi connectivity index (χ1n) is 6.53. The van der Waals surface area contributed by atoms with Crippen molar-refractivity contribution in [3.05, 3.63) is 24.0 Å². The number of ether oxygens (including phenoxy) is 1. The Bertz CT molecular complexity index is 648. The zero-order valence-electron chi connectivity index (χ0n) is 11.6. The molecule has 1 aromatic carbocycles. The third-order valence-electron chi connectivity index (χ3n) is 3.53. The molecule has 2 N–H and O–H groups in total. The Morgan fingerprint density at radius 3 is 2.81 bits per heavy atom. The number of anilines is 1. The van der Waals surface area contributed by atoms with Crippen LogP contribution in [0.15, 0.2) is 23.1 Å². The lowest BCUT2D eigenvalue weighted by atomic mass is 10.1. The zero-order chi connectivity index (χ0) is 15.6. The van der Waals surface area contributed by atoms with Crippen LogP contribution in [0.3, 0.4) is 0 Å². The molecule has 0 bridgehead atoms. The quantitative estimate of drug-likeness (QED) is 0.667. The van der Waals surface area contributed by atoms with E-state index in [4.69, 9.17) is 5.73 Å². The summed E-state index contributed by atoms with van der Waals surface area (Å²) in [6, 6.07) is 2.70. The van der Waals surface area contributed by atoms with Crippen LogP contribution in [-0.4, -0.2) is 38.4 Å². The lowest BCUT2D eigenvalue weighted by molar-refractivity contribution is -0.146. The van der Waals surface area contributed by atoms with E-state index in [1.807, 2.05) is 0 Å². The van der Waals surface area contributed by atoms with Crippen LogP contribution in [0.5, 0.6) is 0 Å². The molecule has 8 heteroatoms. The molecule has 6 nitrogen and oxygen atoms in total. The maximum absolute atomic E-state index is 13.5. The molecule has 0 aromatic heterocycles. The minimum absolute atomic E-state index is 0.179. The van der Waals surface area contributed by atoms with Gasteiger partial charge in [0.1, 0.15) is 16.8 Å². The van der Waals surface area contributed by atoms with Crippen molar-refractivity contribution in [2.45, 2.75) is 30.2 Å². The van der Waals surface area contributed by atoms with E-state index in [1.54, 1.807) is 0 Å². The van der Waals surface area contributed by atoms with Crippen molar-refractivity contribution in [2.24, 2.45) is 0 Å². The van der Waals surface area contributed by atoms with Gasteiger partial charge in [0.05, 0.1) is 12.8 Å². The highest BCUT2D eigenvalue weighted by Crippen LogP contribution is 2.29. The summed E-state index contributed by atoms with van der Waals surface area (Å²) in [6.07, 6.45) is 1.73. The maximum Gasteiger partial charge on any atom is 0.324 e. The number of nitrogen functional groups attached to an aromatic ring is 1. The predicted molar refractivity (Wildman–Crippen MR) is 74.4 cm³/mol. The third-order valence-corrected chi connectivity index (χ3v) is 5.49. The van der Waals surface area contributed by atoms with E-state index in [-0.39, 0.29) is 11.4 Å². The van der Waals surface area contributed by atoms with Crippen LogP contribution in [0.1, 0.15) is 19.3 Å². The largest absolute Gasteiger partial charge is 0.468 e. The molecule has 0 saturated carbocycles. The van der Waals surface area contributed by atoms with Gasteiger partial charge >= 0.3 is 5.97 Å². The smallest absolute Gasteiger partial charge is 0.324 e. The van der Waals surface area contributed by atoms with Gasteiger partial charge in [-0.2, -0.15) is 4.31 Å². The first-order valence-corrected chi connectivity index (χ1v) is 7.97. The van der Waals surface area contributed by atoms with Crippen LogP contribution in [0.2, 0.25) is 0 Å². The Morgan fingerprint density at radius 1 is 1.43 bits per heavy atom. The molecule has 2 rings (SSSR count). The van der Waals surface area contributed by atoms with Crippen LogP contribution in [0.4, 0.5) is 10.1 Å². The molecule has 0 amide bonds. The number of halogens is 1. The number of hydrogen-bond donors (Lipinski definition) is 1. The first kappa shape index (κ1) is 15.7. The number of rotatable bonds is 3. The molecule has 1 aliphatic rings. The number of methoxy groups -OCH3 is 1. The van der Waals surface area contributed by atoms with Gasteiger partial charge in [0.25, 0.3) is 0 Å². The molecule has 1 fully saturated rings. The Kier molecular flexibility index (Phi) is 4.48. The number of nitrogens with zero attached hydrogens (tertiary/aromatic N) is 1. The average Bonchev–Trinajstić information content (AvgIpc) is 2.49. The summed E-state index contributed by atoms with van der Waals surface area (Å²) in [7, 11) is -2.85. The molecule has 0 spiro atoms. The second-order valence-electron chi connectivity index (χ2n) is 4.80. The van der Waals surface area contributed by atoms with E-state index in [0.29, 0.717) is 12.8 Å². The van der Waals surface area contributed by atoms with Crippen LogP contribution in [0, 0.1) is 5.82 Å². The number of carbonyl (C=O) groups excluding carboxylic acids is 1. The fourth-order valence-electron chi connectivity index (χ4n) is 2.43. The summed E-state index contributed by atoms with van der Waals surface area (Å²) in [5.41, 5.74) is 5.09. The van der Waals surface area contributed by atoms with Crippen LogP contribution < -0.4 is 5.73 Å². The summed E-state index contributed by atoms with van der Waals surface area (Å²) in [4.78, 5) is 11.5. The fraction of sp³-hybridized carbons (Fsp3) is 0.462. The highest BCUT2D eigenvalue weighted by Gasteiger charge is 2.39. The summed E-state index contributed by atoms with van der Waals surface area (Å²) < 4.78 is 44.5. The topological polar surface area (TPSA) is 89.7 Å². The van der Waals surface area contributed by atoms with Crippen molar-refractivity contribution in [1.29, 1.82) is 0 Å². The minimum Gasteiger partial charge on any atom is -0.468 e. The van der Waals surface area contributed by atoms with E-state index in [9.17, 15) is 17.6 Å². The standard InChI is InChI=1S/C13H17FN2O4S/c1-20-13(17)10-6-2-3-8-16(10)21(18,19)11-7-4-5-9(14)12(11)15/h4-5,7,10H,2-3,6,8,15H2,1H3. The maximum atomic E-state index is 13.5. The zero-order valence-corrected chi connectivity index (χ0v) is 12.4. The summed E-state index contributed by atoms with van der Waals surface area (Å²) >= 11 is 0. The van der Waals surface area contributed by atoms with E-state index >= 15 is 0 Å². The summed E-state index contributed by atoms with van der Waals surface area (Å²) in [5, 5.41) is 0. The molecule has 1 aliphatic heterocycles. The van der Waals surface area contributed by atoms with Gasteiger partial charge in [-0.1, -0.05) is 6.07 Å². The number of piperidine rings is 1. The molecule has 1 unspecified atom stereocenters. The van der Waals surface area contributed by atoms with Crippen LogP contribution in [-0.2, 0) is 19.6 Å². The van der Waals surface area contributed by atoms with Crippen molar-refractivity contribution in [3.8, 4) is 0 Å². The van der Waals surface area contributed by atoms with Gasteiger partial charge in [0.2, 0.25) is 10.0 Å². The number of sulfonamides is 1. The molecule has 1 aromatic rings. The second kappa shape index (κ2) is 5.98. The van der Waals surface area contributed by atoms with Gasteiger partial charge in [-0.25, -0.2) is 12.8 Å². The normalized spacial score (nSPS) is 20.2. The first-order chi connectivity index (χ1) is 9.89. The highest BCUT2D eigenvalue weighted by molar-refractivity contribution is 7.89.